The number of rotatable bonds is 3. The molecule has 20 heavy (non-hydrogen) atoms. The van der Waals surface area contributed by atoms with Gasteiger partial charge in [-0.3, -0.25) is 4.79 Å². The second-order valence-electron chi connectivity index (χ2n) is 5.06. The van der Waals surface area contributed by atoms with E-state index in [-0.39, 0.29) is 24.4 Å². The first-order valence-electron chi connectivity index (χ1n) is 7.07. The first-order chi connectivity index (χ1) is 9.26. The molecule has 4 nitrogen and oxygen atoms in total. The Balaban J connectivity index is 0.00000147. The average Bonchev–Trinajstić information content (AvgIpc) is 2.73. The first-order valence-corrected chi connectivity index (χ1v) is 7.07. The molecule has 0 bridgehead atoms. The van der Waals surface area contributed by atoms with Crippen LogP contribution in [0.1, 0.15) is 41.4 Å². The monoisotopic (exact) mass is 296 g/mol. The van der Waals surface area contributed by atoms with Gasteiger partial charge in [-0.25, -0.2) is 0 Å². The summed E-state index contributed by atoms with van der Waals surface area (Å²) < 4.78 is 5.70. The van der Waals surface area contributed by atoms with E-state index in [0.717, 1.165) is 42.9 Å². The molecule has 2 heterocycles. The van der Waals surface area contributed by atoms with E-state index in [9.17, 15) is 4.79 Å². The van der Waals surface area contributed by atoms with Gasteiger partial charge in [0.15, 0.2) is 0 Å². The van der Waals surface area contributed by atoms with Crippen LogP contribution in [0.4, 0.5) is 0 Å². The molecule has 0 saturated carbocycles. The molecule has 1 N–H and O–H groups in total. The fourth-order valence-electron chi connectivity index (χ4n) is 3.03. The number of benzene rings is 1. The van der Waals surface area contributed by atoms with Crippen molar-refractivity contribution in [1.82, 2.24) is 10.2 Å². The normalized spacial score (nSPS) is 20.2. The number of piperazine rings is 1. The second-order valence-corrected chi connectivity index (χ2v) is 5.06. The number of fused-ring (bicyclic) bond motifs is 3. The number of carbonyl (C=O) groups is 1. The van der Waals surface area contributed by atoms with E-state index in [1.165, 1.54) is 5.56 Å². The van der Waals surface area contributed by atoms with Crippen molar-refractivity contribution in [2.45, 2.75) is 26.3 Å². The van der Waals surface area contributed by atoms with Crippen LogP contribution in [-0.2, 0) is 6.42 Å². The Morgan fingerprint density at radius 1 is 1.40 bits per heavy atom. The summed E-state index contributed by atoms with van der Waals surface area (Å²) in [5.74, 6) is 0.892. The van der Waals surface area contributed by atoms with Gasteiger partial charge in [-0.15, -0.1) is 12.4 Å². The Labute approximate surface area is 125 Å². The topological polar surface area (TPSA) is 41.6 Å². The lowest BCUT2D eigenvalue weighted by molar-refractivity contribution is 0.0688. The number of halogens is 1. The van der Waals surface area contributed by atoms with E-state index in [0.29, 0.717) is 6.61 Å². The molecule has 2 aliphatic heterocycles. The predicted molar refractivity (Wildman–Crippen MR) is 80.9 cm³/mol. The third-order valence-corrected chi connectivity index (χ3v) is 3.98. The molecule has 5 heteroatoms. The second kappa shape index (κ2) is 6.02. The summed E-state index contributed by atoms with van der Waals surface area (Å²) in [5, 5.41) is 3.37. The lowest BCUT2D eigenvalue weighted by Crippen LogP contribution is -2.44. The summed E-state index contributed by atoms with van der Waals surface area (Å²) in [7, 11) is 0. The molecule has 1 fully saturated rings. The van der Waals surface area contributed by atoms with E-state index in [4.69, 9.17) is 4.74 Å². The summed E-state index contributed by atoms with van der Waals surface area (Å²) in [4.78, 5) is 14.5. The summed E-state index contributed by atoms with van der Waals surface area (Å²) in [5.41, 5.74) is 3.16. The molecule has 0 aromatic heterocycles. The Bertz CT molecular complexity index is 519. The molecule has 0 spiro atoms. The van der Waals surface area contributed by atoms with Crippen LogP contribution in [0.3, 0.4) is 0 Å². The molecule has 1 amide bonds. The molecule has 1 atom stereocenters. The fourth-order valence-corrected chi connectivity index (χ4v) is 3.03. The molecule has 1 saturated heterocycles. The molecular formula is C15H21ClN2O2. The number of carbonyl (C=O) groups excluding carboxylic acids is 1. The number of amides is 1. The maximum absolute atomic E-state index is 12.5. The van der Waals surface area contributed by atoms with Crippen molar-refractivity contribution in [3.05, 3.63) is 28.8 Å². The number of aryl methyl sites for hydroxylation is 1. The van der Waals surface area contributed by atoms with Gasteiger partial charge in [0.1, 0.15) is 5.75 Å². The van der Waals surface area contributed by atoms with Gasteiger partial charge >= 0.3 is 0 Å². The largest absolute Gasteiger partial charge is 0.493 e. The van der Waals surface area contributed by atoms with Crippen LogP contribution in [0.25, 0.3) is 0 Å². The van der Waals surface area contributed by atoms with Crippen molar-refractivity contribution in [3.63, 3.8) is 0 Å². The van der Waals surface area contributed by atoms with Gasteiger partial charge in [-0.05, 0) is 30.5 Å². The molecule has 0 radical (unpaired) electrons. The SMILES string of the molecule is CCOc1cc(CC)cc2c1C(=O)N1CCNC[C@@H]21.Cl. The number of hydrogen-bond donors (Lipinski definition) is 1. The first kappa shape index (κ1) is 15.1. The zero-order valence-corrected chi connectivity index (χ0v) is 12.8. The molecule has 1 aromatic carbocycles. The highest BCUT2D eigenvalue weighted by atomic mass is 35.5. The molecule has 3 rings (SSSR count). The lowest BCUT2D eigenvalue weighted by Gasteiger charge is -2.30. The van der Waals surface area contributed by atoms with Crippen LogP contribution >= 0.6 is 12.4 Å². The van der Waals surface area contributed by atoms with Crippen LogP contribution in [-0.4, -0.2) is 37.0 Å². The van der Waals surface area contributed by atoms with Gasteiger partial charge in [-0.2, -0.15) is 0 Å². The Morgan fingerprint density at radius 3 is 2.90 bits per heavy atom. The van der Waals surface area contributed by atoms with Crippen molar-refractivity contribution in [2.75, 3.05) is 26.2 Å². The molecule has 0 aliphatic carbocycles. The zero-order valence-electron chi connectivity index (χ0n) is 11.9. The van der Waals surface area contributed by atoms with Crippen molar-refractivity contribution >= 4 is 18.3 Å². The van der Waals surface area contributed by atoms with E-state index < -0.39 is 0 Å². The molecule has 0 unspecified atom stereocenters. The molecule has 110 valence electrons. The number of hydrogen-bond acceptors (Lipinski definition) is 3. The van der Waals surface area contributed by atoms with Crippen molar-refractivity contribution in [3.8, 4) is 5.75 Å². The van der Waals surface area contributed by atoms with Crippen molar-refractivity contribution in [2.24, 2.45) is 0 Å². The van der Waals surface area contributed by atoms with Crippen LogP contribution in [0.5, 0.6) is 5.75 Å². The van der Waals surface area contributed by atoms with Crippen LogP contribution in [0.15, 0.2) is 12.1 Å². The third-order valence-electron chi connectivity index (χ3n) is 3.98. The van der Waals surface area contributed by atoms with Gasteiger partial charge in [0.25, 0.3) is 5.91 Å². The smallest absolute Gasteiger partial charge is 0.258 e. The Hall–Kier alpha value is -1.26. The molecule has 1 aromatic rings. The lowest BCUT2D eigenvalue weighted by atomic mass is 9.98. The van der Waals surface area contributed by atoms with Crippen LogP contribution in [0.2, 0.25) is 0 Å². The fraction of sp³-hybridized carbons (Fsp3) is 0.533. The van der Waals surface area contributed by atoms with E-state index >= 15 is 0 Å². The number of nitrogens with zero attached hydrogens (tertiary/aromatic N) is 1. The van der Waals surface area contributed by atoms with Crippen molar-refractivity contribution in [1.29, 1.82) is 0 Å². The quantitative estimate of drug-likeness (QED) is 0.929. The van der Waals surface area contributed by atoms with Crippen molar-refractivity contribution < 1.29 is 9.53 Å². The summed E-state index contributed by atoms with van der Waals surface area (Å²) in [6, 6.07) is 4.38. The van der Waals surface area contributed by atoms with E-state index in [1.807, 2.05) is 17.9 Å². The number of nitrogens with one attached hydrogen (secondary N) is 1. The molecular weight excluding hydrogens is 276 g/mol. The minimum Gasteiger partial charge on any atom is -0.493 e. The Kier molecular flexibility index (Phi) is 4.55. The standard InChI is InChI=1S/C15H20N2O2.ClH/c1-3-10-7-11-12-9-16-5-6-17(12)15(18)14(11)13(8-10)19-4-2;/h7-8,12,16H,3-6,9H2,1-2H3;1H/t12-;/m0./s1. The zero-order chi connectivity index (χ0) is 13.4. The summed E-state index contributed by atoms with van der Waals surface area (Å²) in [6.45, 7) is 7.18. The van der Waals surface area contributed by atoms with E-state index in [1.54, 1.807) is 0 Å². The van der Waals surface area contributed by atoms with Gasteiger partial charge in [0, 0.05) is 19.6 Å². The van der Waals surface area contributed by atoms with Crippen LogP contribution < -0.4 is 10.1 Å². The Morgan fingerprint density at radius 2 is 2.20 bits per heavy atom. The maximum Gasteiger partial charge on any atom is 0.258 e. The van der Waals surface area contributed by atoms with E-state index in [2.05, 4.69) is 18.3 Å². The summed E-state index contributed by atoms with van der Waals surface area (Å²) >= 11 is 0. The van der Waals surface area contributed by atoms with Gasteiger partial charge in [0.05, 0.1) is 18.2 Å². The predicted octanol–water partition coefficient (Wildman–Crippen LogP) is 2.17. The van der Waals surface area contributed by atoms with Gasteiger partial charge < -0.3 is 15.0 Å². The number of ether oxygens (including phenoxy) is 1. The highest BCUT2D eigenvalue weighted by Crippen LogP contribution is 2.40. The minimum atomic E-state index is 0. The molecule has 2 aliphatic rings. The third kappa shape index (κ3) is 2.27. The van der Waals surface area contributed by atoms with Gasteiger partial charge in [-0.1, -0.05) is 13.0 Å². The van der Waals surface area contributed by atoms with Crippen LogP contribution in [0, 0.1) is 0 Å². The average molecular weight is 297 g/mol. The highest BCUT2D eigenvalue weighted by molar-refractivity contribution is 6.02. The summed E-state index contributed by atoms with van der Waals surface area (Å²) in [6.07, 6.45) is 0.960. The van der Waals surface area contributed by atoms with Gasteiger partial charge in [0.2, 0.25) is 0 Å². The maximum atomic E-state index is 12.5. The minimum absolute atomic E-state index is 0. The highest BCUT2D eigenvalue weighted by Gasteiger charge is 2.40.